The number of urea groups is 1. The molecule has 0 saturated carbocycles. The molecule has 0 aliphatic rings. The van der Waals surface area contributed by atoms with Gasteiger partial charge in [-0.25, -0.2) is 4.79 Å². The van der Waals surface area contributed by atoms with Crippen LogP contribution in [0, 0.1) is 0 Å². The third-order valence-corrected chi connectivity index (χ3v) is 5.37. The van der Waals surface area contributed by atoms with E-state index >= 15 is 0 Å². The predicted molar refractivity (Wildman–Crippen MR) is 143 cm³/mol. The molecule has 0 radical (unpaired) electrons. The highest BCUT2D eigenvalue weighted by atomic mass is 16.2. The molecule has 0 saturated heterocycles. The number of amides is 3. The maximum Gasteiger partial charge on any atom is 0.319 e. The van der Waals surface area contributed by atoms with Gasteiger partial charge in [0.1, 0.15) is 0 Å². The second-order valence-electron chi connectivity index (χ2n) is 8.24. The average Bonchev–Trinajstić information content (AvgIpc) is 2.89. The standard InChI is InChI=1S/C29H34N4O2/c1-2-19-30-20-21-31-28(34)18-17-27(22-23-9-5-3-6-10-23)33-29(35)32-26-15-13-25(14-16-26)24-11-7-4-8-12-24/h3-18,27,30H,2,19-22H2,1H3,(H,31,34)(H2,32,33,35)/t27-/m1/s1. The highest BCUT2D eigenvalue weighted by Crippen LogP contribution is 2.21. The fourth-order valence-electron chi connectivity index (χ4n) is 3.59. The molecular weight excluding hydrogens is 436 g/mol. The molecule has 3 amide bonds. The van der Waals surface area contributed by atoms with E-state index in [0.717, 1.165) is 36.2 Å². The number of hydrogen-bond acceptors (Lipinski definition) is 3. The lowest BCUT2D eigenvalue weighted by Crippen LogP contribution is -2.38. The van der Waals surface area contributed by atoms with E-state index in [1.165, 1.54) is 6.08 Å². The number of rotatable bonds is 12. The molecule has 3 rings (SSSR count). The van der Waals surface area contributed by atoms with Gasteiger partial charge in [-0.15, -0.1) is 0 Å². The summed E-state index contributed by atoms with van der Waals surface area (Å²) >= 11 is 0. The van der Waals surface area contributed by atoms with Crippen LogP contribution in [0.1, 0.15) is 18.9 Å². The molecule has 0 heterocycles. The summed E-state index contributed by atoms with van der Waals surface area (Å²) in [5, 5.41) is 12.0. The zero-order valence-electron chi connectivity index (χ0n) is 20.2. The third kappa shape index (κ3) is 9.47. The summed E-state index contributed by atoms with van der Waals surface area (Å²) in [5.41, 5.74) is 3.97. The molecule has 0 spiro atoms. The minimum atomic E-state index is -0.343. The summed E-state index contributed by atoms with van der Waals surface area (Å²) in [4.78, 5) is 24.9. The predicted octanol–water partition coefficient (Wildman–Crippen LogP) is 4.76. The number of anilines is 1. The van der Waals surface area contributed by atoms with Gasteiger partial charge in [-0.2, -0.15) is 0 Å². The Morgan fingerprint density at radius 2 is 1.46 bits per heavy atom. The van der Waals surface area contributed by atoms with E-state index in [9.17, 15) is 9.59 Å². The highest BCUT2D eigenvalue weighted by Gasteiger charge is 2.11. The summed E-state index contributed by atoms with van der Waals surface area (Å²) in [7, 11) is 0. The van der Waals surface area contributed by atoms with Crippen LogP contribution in [-0.2, 0) is 11.2 Å². The first-order valence-corrected chi connectivity index (χ1v) is 12.1. The van der Waals surface area contributed by atoms with E-state index in [0.29, 0.717) is 18.7 Å². The van der Waals surface area contributed by atoms with Crippen molar-refractivity contribution in [2.24, 2.45) is 0 Å². The first-order chi connectivity index (χ1) is 17.1. The van der Waals surface area contributed by atoms with E-state index in [4.69, 9.17) is 0 Å². The Labute approximate surface area is 207 Å². The largest absolute Gasteiger partial charge is 0.351 e. The lowest BCUT2D eigenvalue weighted by atomic mass is 10.1. The van der Waals surface area contributed by atoms with Crippen LogP contribution in [0.2, 0.25) is 0 Å². The van der Waals surface area contributed by atoms with E-state index in [1.807, 2.05) is 84.9 Å². The summed E-state index contributed by atoms with van der Waals surface area (Å²) in [6.07, 6.45) is 4.85. The highest BCUT2D eigenvalue weighted by molar-refractivity contribution is 5.90. The van der Waals surface area contributed by atoms with Crippen molar-refractivity contribution in [2.45, 2.75) is 25.8 Å². The van der Waals surface area contributed by atoms with Crippen molar-refractivity contribution in [1.82, 2.24) is 16.0 Å². The lowest BCUT2D eigenvalue weighted by Gasteiger charge is -2.16. The van der Waals surface area contributed by atoms with E-state index in [1.54, 1.807) is 6.08 Å². The Balaban J connectivity index is 1.57. The Morgan fingerprint density at radius 3 is 2.14 bits per heavy atom. The van der Waals surface area contributed by atoms with Crippen LogP contribution in [0.3, 0.4) is 0 Å². The van der Waals surface area contributed by atoms with Crippen molar-refractivity contribution in [2.75, 3.05) is 25.0 Å². The van der Waals surface area contributed by atoms with Gasteiger partial charge in [0.25, 0.3) is 0 Å². The molecule has 35 heavy (non-hydrogen) atoms. The lowest BCUT2D eigenvalue weighted by molar-refractivity contribution is -0.116. The normalized spacial score (nSPS) is 11.7. The molecule has 182 valence electrons. The molecule has 3 aromatic carbocycles. The molecule has 6 heteroatoms. The van der Waals surface area contributed by atoms with Crippen molar-refractivity contribution < 1.29 is 9.59 Å². The van der Waals surface area contributed by atoms with Crippen LogP contribution in [-0.4, -0.2) is 37.6 Å². The number of benzene rings is 3. The molecule has 1 atom stereocenters. The Bertz CT molecular complexity index is 1070. The topological polar surface area (TPSA) is 82.3 Å². The zero-order valence-corrected chi connectivity index (χ0v) is 20.2. The van der Waals surface area contributed by atoms with Gasteiger partial charge in [0, 0.05) is 24.9 Å². The van der Waals surface area contributed by atoms with Gasteiger partial charge in [0.2, 0.25) is 5.91 Å². The maximum absolute atomic E-state index is 12.7. The van der Waals surface area contributed by atoms with Crippen LogP contribution in [0.15, 0.2) is 97.1 Å². The van der Waals surface area contributed by atoms with E-state index in [2.05, 4.69) is 28.2 Å². The van der Waals surface area contributed by atoms with Crippen molar-refractivity contribution in [3.8, 4) is 11.1 Å². The van der Waals surface area contributed by atoms with Gasteiger partial charge in [0.05, 0.1) is 6.04 Å². The maximum atomic E-state index is 12.7. The van der Waals surface area contributed by atoms with Gasteiger partial charge in [0.15, 0.2) is 0 Å². The molecule has 0 aliphatic carbocycles. The third-order valence-electron chi connectivity index (χ3n) is 5.37. The Kier molecular flexibility index (Phi) is 10.6. The summed E-state index contributed by atoms with van der Waals surface area (Å²) in [6, 6.07) is 27.0. The summed E-state index contributed by atoms with van der Waals surface area (Å²) < 4.78 is 0. The molecule has 0 aromatic heterocycles. The van der Waals surface area contributed by atoms with Gasteiger partial charge in [-0.1, -0.05) is 85.8 Å². The van der Waals surface area contributed by atoms with E-state index < -0.39 is 0 Å². The minimum absolute atomic E-state index is 0.180. The monoisotopic (exact) mass is 470 g/mol. The zero-order chi connectivity index (χ0) is 24.7. The molecule has 0 bridgehead atoms. The molecular formula is C29H34N4O2. The average molecular weight is 471 g/mol. The molecule has 4 N–H and O–H groups in total. The van der Waals surface area contributed by atoms with Crippen LogP contribution < -0.4 is 21.3 Å². The first kappa shape index (κ1) is 25.7. The number of nitrogens with one attached hydrogen (secondary N) is 4. The SMILES string of the molecule is CCCNCCNC(=O)C=C[C@H](Cc1ccccc1)NC(=O)Nc1ccc(-c2ccccc2)cc1. The fourth-order valence-corrected chi connectivity index (χ4v) is 3.59. The van der Waals surface area contributed by atoms with Gasteiger partial charge >= 0.3 is 6.03 Å². The van der Waals surface area contributed by atoms with Gasteiger partial charge in [-0.05, 0) is 48.2 Å². The van der Waals surface area contributed by atoms with Crippen LogP contribution in [0.4, 0.5) is 10.5 Å². The Hall–Kier alpha value is -3.90. The molecule has 0 unspecified atom stereocenters. The second kappa shape index (κ2) is 14.4. The first-order valence-electron chi connectivity index (χ1n) is 12.1. The van der Waals surface area contributed by atoms with Crippen molar-refractivity contribution >= 4 is 17.6 Å². The van der Waals surface area contributed by atoms with Crippen molar-refractivity contribution in [3.63, 3.8) is 0 Å². The quantitative estimate of drug-likeness (QED) is 0.228. The van der Waals surface area contributed by atoms with E-state index in [-0.39, 0.29) is 18.0 Å². The van der Waals surface area contributed by atoms with Crippen LogP contribution in [0.25, 0.3) is 11.1 Å². The van der Waals surface area contributed by atoms with Crippen molar-refractivity contribution in [3.05, 3.63) is 103 Å². The smallest absolute Gasteiger partial charge is 0.319 e. The minimum Gasteiger partial charge on any atom is -0.351 e. The van der Waals surface area contributed by atoms with Crippen LogP contribution in [0.5, 0.6) is 0 Å². The number of carbonyl (C=O) groups excluding carboxylic acids is 2. The summed E-state index contributed by atoms with van der Waals surface area (Å²) in [5.74, 6) is -0.180. The van der Waals surface area contributed by atoms with Gasteiger partial charge < -0.3 is 21.3 Å². The fraction of sp³-hybridized carbons (Fsp3) is 0.241. The van der Waals surface area contributed by atoms with Crippen molar-refractivity contribution in [1.29, 1.82) is 0 Å². The summed E-state index contributed by atoms with van der Waals surface area (Å²) in [6.45, 7) is 4.31. The van der Waals surface area contributed by atoms with Crippen LogP contribution >= 0.6 is 0 Å². The number of carbonyl (C=O) groups is 2. The second-order valence-corrected chi connectivity index (χ2v) is 8.24. The molecule has 0 aliphatic heterocycles. The molecule has 0 fully saturated rings. The number of hydrogen-bond donors (Lipinski definition) is 4. The Morgan fingerprint density at radius 1 is 0.800 bits per heavy atom. The van der Waals surface area contributed by atoms with Gasteiger partial charge in [-0.3, -0.25) is 4.79 Å². The molecule has 6 nitrogen and oxygen atoms in total. The molecule has 3 aromatic rings.